The standard InChI is InChI=1S/C28H24F3N7O5/c29-28(30,31)21-11-18(25-35-13-19(14-36-25)26(40)37-5-7-38(8-6-37)27(41)42)9-17-10-20(43-24(17)21)15-34-23(39)4-2-16-1-3-22(32)33-12-16/h1-4,9-14H,5-8,15H2,(H2,32,33)(H,34,39)(H,41,42). The molecule has 5 rings (SSSR count). The van der Waals surface area contributed by atoms with Gasteiger partial charge in [-0.3, -0.25) is 9.59 Å². The molecule has 12 nitrogen and oxygen atoms in total. The second-order valence-corrected chi connectivity index (χ2v) is 9.58. The number of aromatic nitrogens is 3. The Balaban J connectivity index is 1.32. The van der Waals surface area contributed by atoms with Crippen molar-refractivity contribution in [3.63, 3.8) is 0 Å². The Kier molecular flexibility index (Phi) is 7.96. The molecule has 222 valence electrons. The predicted octanol–water partition coefficient (Wildman–Crippen LogP) is 3.65. The zero-order valence-corrected chi connectivity index (χ0v) is 22.3. The molecule has 0 spiro atoms. The van der Waals surface area contributed by atoms with E-state index in [1.807, 2.05) is 0 Å². The number of nitrogen functional groups attached to an aromatic ring is 1. The van der Waals surface area contributed by atoms with Crippen molar-refractivity contribution >= 4 is 40.8 Å². The third-order valence-corrected chi connectivity index (χ3v) is 6.64. The number of alkyl halides is 3. The van der Waals surface area contributed by atoms with Crippen LogP contribution in [0.3, 0.4) is 0 Å². The van der Waals surface area contributed by atoms with E-state index in [9.17, 15) is 27.6 Å². The molecule has 4 N–H and O–H groups in total. The summed E-state index contributed by atoms with van der Waals surface area (Å²) in [4.78, 5) is 50.9. The first-order chi connectivity index (χ1) is 20.5. The molecule has 4 aromatic rings. The van der Waals surface area contributed by atoms with Crippen molar-refractivity contribution in [2.45, 2.75) is 12.7 Å². The lowest BCUT2D eigenvalue weighted by molar-refractivity contribution is -0.136. The Labute approximate surface area is 241 Å². The van der Waals surface area contributed by atoms with Gasteiger partial charge in [-0.15, -0.1) is 0 Å². The normalized spacial score (nSPS) is 13.9. The van der Waals surface area contributed by atoms with Crippen LogP contribution in [-0.4, -0.2) is 73.9 Å². The summed E-state index contributed by atoms with van der Waals surface area (Å²) in [6.07, 6.45) is 0.839. The zero-order valence-electron chi connectivity index (χ0n) is 22.3. The summed E-state index contributed by atoms with van der Waals surface area (Å²) in [5.74, 6) is -0.529. The van der Waals surface area contributed by atoms with E-state index in [1.165, 1.54) is 52.7 Å². The number of nitrogens with two attached hydrogens (primary N) is 1. The van der Waals surface area contributed by atoms with Crippen molar-refractivity contribution < 1.29 is 37.1 Å². The highest BCUT2D eigenvalue weighted by molar-refractivity contribution is 5.94. The van der Waals surface area contributed by atoms with Gasteiger partial charge in [-0.05, 0) is 42.0 Å². The van der Waals surface area contributed by atoms with Crippen LogP contribution in [0.2, 0.25) is 0 Å². The molecule has 15 heteroatoms. The highest BCUT2D eigenvalue weighted by Gasteiger charge is 2.35. The molecule has 0 atom stereocenters. The first-order valence-electron chi connectivity index (χ1n) is 12.9. The average Bonchev–Trinajstić information content (AvgIpc) is 3.41. The molecule has 1 aliphatic rings. The van der Waals surface area contributed by atoms with Gasteiger partial charge in [-0.2, -0.15) is 13.2 Å². The van der Waals surface area contributed by atoms with E-state index in [4.69, 9.17) is 15.3 Å². The van der Waals surface area contributed by atoms with Crippen LogP contribution in [0, 0.1) is 0 Å². The van der Waals surface area contributed by atoms with Crippen molar-refractivity contribution in [2.24, 2.45) is 0 Å². The van der Waals surface area contributed by atoms with Gasteiger partial charge >= 0.3 is 12.3 Å². The van der Waals surface area contributed by atoms with Crippen LogP contribution in [0.1, 0.15) is 27.2 Å². The average molecular weight is 596 g/mol. The lowest BCUT2D eigenvalue weighted by Crippen LogP contribution is -2.50. The predicted molar refractivity (Wildman–Crippen MR) is 147 cm³/mol. The maximum absolute atomic E-state index is 14.0. The molecule has 0 bridgehead atoms. The van der Waals surface area contributed by atoms with Crippen LogP contribution in [0.4, 0.5) is 23.8 Å². The fraction of sp³-hybridized carbons (Fsp3) is 0.214. The molecule has 4 heterocycles. The Bertz CT molecular complexity index is 1690. The maximum atomic E-state index is 14.0. The van der Waals surface area contributed by atoms with Gasteiger partial charge in [0.15, 0.2) is 5.82 Å². The van der Waals surface area contributed by atoms with E-state index in [-0.39, 0.29) is 60.8 Å². The molecule has 1 fully saturated rings. The number of benzene rings is 1. The van der Waals surface area contributed by atoms with Crippen LogP contribution in [-0.2, 0) is 17.5 Å². The van der Waals surface area contributed by atoms with Crippen LogP contribution in [0.25, 0.3) is 28.4 Å². The van der Waals surface area contributed by atoms with Gasteiger partial charge in [0.2, 0.25) is 5.91 Å². The van der Waals surface area contributed by atoms with Gasteiger partial charge in [0.25, 0.3) is 5.91 Å². The van der Waals surface area contributed by atoms with Gasteiger partial charge in [-0.1, -0.05) is 0 Å². The number of pyridine rings is 1. The second-order valence-electron chi connectivity index (χ2n) is 9.58. The minimum absolute atomic E-state index is 0.0435. The first kappa shape index (κ1) is 29.0. The van der Waals surface area contributed by atoms with E-state index in [2.05, 4.69) is 20.3 Å². The van der Waals surface area contributed by atoms with E-state index in [1.54, 1.807) is 12.1 Å². The number of amides is 3. The fourth-order valence-electron chi connectivity index (χ4n) is 4.42. The van der Waals surface area contributed by atoms with Gasteiger partial charge in [-0.25, -0.2) is 19.7 Å². The highest BCUT2D eigenvalue weighted by Crippen LogP contribution is 2.39. The van der Waals surface area contributed by atoms with E-state index < -0.39 is 35.2 Å². The number of fused-ring (bicyclic) bond motifs is 1. The lowest BCUT2D eigenvalue weighted by Gasteiger charge is -2.33. The number of anilines is 1. The highest BCUT2D eigenvalue weighted by atomic mass is 19.4. The van der Waals surface area contributed by atoms with E-state index in [0.29, 0.717) is 11.4 Å². The lowest BCUT2D eigenvalue weighted by atomic mass is 10.1. The number of hydrogen-bond donors (Lipinski definition) is 3. The topological polar surface area (TPSA) is 168 Å². The summed E-state index contributed by atoms with van der Waals surface area (Å²) in [7, 11) is 0. The largest absolute Gasteiger partial charge is 0.465 e. The number of hydrogen-bond acceptors (Lipinski definition) is 8. The molecule has 3 amide bonds. The van der Waals surface area contributed by atoms with Gasteiger partial charge in [0.1, 0.15) is 17.2 Å². The summed E-state index contributed by atoms with van der Waals surface area (Å²) in [6, 6.07) is 6.91. The number of furan rings is 1. The van der Waals surface area contributed by atoms with Crippen molar-refractivity contribution in [1.82, 2.24) is 30.1 Å². The molecule has 0 unspecified atom stereocenters. The summed E-state index contributed by atoms with van der Waals surface area (Å²) in [6.45, 7) is 0.540. The van der Waals surface area contributed by atoms with Crippen molar-refractivity contribution in [3.05, 3.63) is 77.4 Å². The Morgan fingerprint density at radius 3 is 2.33 bits per heavy atom. The molecule has 0 radical (unpaired) electrons. The van der Waals surface area contributed by atoms with Crippen LogP contribution >= 0.6 is 0 Å². The molecule has 0 aliphatic carbocycles. The smallest absolute Gasteiger partial charge is 0.420 e. The molecule has 1 saturated heterocycles. The third-order valence-electron chi connectivity index (χ3n) is 6.64. The Morgan fingerprint density at radius 2 is 1.70 bits per heavy atom. The number of carbonyl (C=O) groups is 3. The number of piperazine rings is 1. The third kappa shape index (κ3) is 6.72. The summed E-state index contributed by atoms with van der Waals surface area (Å²) < 4.78 is 47.5. The van der Waals surface area contributed by atoms with Crippen LogP contribution < -0.4 is 11.1 Å². The molecule has 43 heavy (non-hydrogen) atoms. The molecule has 1 aromatic carbocycles. The second kappa shape index (κ2) is 11.8. The Hall–Kier alpha value is -5.47. The fourth-order valence-corrected chi connectivity index (χ4v) is 4.42. The quantitative estimate of drug-likeness (QED) is 0.282. The van der Waals surface area contributed by atoms with Crippen LogP contribution in [0.5, 0.6) is 0 Å². The minimum atomic E-state index is -4.77. The molecular weight excluding hydrogens is 571 g/mol. The minimum Gasteiger partial charge on any atom is -0.465 e. The molecule has 1 aliphatic heterocycles. The van der Waals surface area contributed by atoms with Crippen molar-refractivity contribution in [1.29, 1.82) is 0 Å². The van der Waals surface area contributed by atoms with Gasteiger partial charge in [0.05, 0.1) is 17.7 Å². The number of carboxylic acid groups (broad SMARTS) is 1. The van der Waals surface area contributed by atoms with Crippen LogP contribution in [0.15, 0.2) is 59.4 Å². The number of carbonyl (C=O) groups excluding carboxylic acids is 2. The summed E-state index contributed by atoms with van der Waals surface area (Å²) >= 11 is 0. The number of nitrogens with zero attached hydrogens (tertiary/aromatic N) is 5. The molecule has 0 saturated carbocycles. The molecule has 3 aromatic heterocycles. The van der Waals surface area contributed by atoms with E-state index in [0.717, 1.165) is 6.07 Å². The van der Waals surface area contributed by atoms with Crippen molar-refractivity contribution in [2.75, 3.05) is 31.9 Å². The van der Waals surface area contributed by atoms with Gasteiger partial charge in [0, 0.05) is 61.8 Å². The zero-order chi connectivity index (χ0) is 30.7. The SMILES string of the molecule is Nc1ccc(C=CC(=O)NCc2cc3cc(-c4ncc(C(=O)N5CCN(C(=O)O)CC5)cn4)cc(C(F)(F)F)c3o2)cn1. The molecular formula is C28H24F3N7O5. The Morgan fingerprint density at radius 1 is 1.00 bits per heavy atom. The van der Waals surface area contributed by atoms with Gasteiger partial charge < -0.3 is 30.4 Å². The van der Waals surface area contributed by atoms with Crippen molar-refractivity contribution in [3.8, 4) is 11.4 Å². The maximum Gasteiger partial charge on any atom is 0.420 e. The summed E-state index contributed by atoms with van der Waals surface area (Å²) in [5, 5.41) is 11.8. The number of halogens is 3. The summed E-state index contributed by atoms with van der Waals surface area (Å²) in [5.41, 5.74) is 4.87. The number of rotatable bonds is 6. The van der Waals surface area contributed by atoms with E-state index >= 15 is 0 Å². The first-order valence-corrected chi connectivity index (χ1v) is 12.9. The number of nitrogens with one attached hydrogen (secondary N) is 1. The monoisotopic (exact) mass is 595 g/mol.